The first-order valence-electron chi connectivity index (χ1n) is 4.60. The summed E-state index contributed by atoms with van der Waals surface area (Å²) in [5.74, 6) is -0.367. The van der Waals surface area contributed by atoms with E-state index in [2.05, 4.69) is 4.98 Å². The van der Waals surface area contributed by atoms with Gasteiger partial charge in [0.15, 0.2) is 0 Å². The molecule has 2 rings (SSSR count). The summed E-state index contributed by atoms with van der Waals surface area (Å²) in [5.41, 5.74) is -0.847. The molecule has 2 nitrogen and oxygen atoms in total. The van der Waals surface area contributed by atoms with Gasteiger partial charge in [-0.05, 0) is 23.6 Å². The highest BCUT2D eigenvalue weighted by Crippen LogP contribution is 2.28. The van der Waals surface area contributed by atoms with Crippen LogP contribution in [0.3, 0.4) is 0 Å². The predicted molar refractivity (Wildman–Crippen MR) is 57.0 cm³/mol. The van der Waals surface area contributed by atoms with Crippen LogP contribution in [0.5, 0.6) is 0 Å². The molecule has 0 unspecified atom stereocenters. The van der Waals surface area contributed by atoms with Crippen molar-refractivity contribution in [2.45, 2.75) is 6.18 Å². The molecule has 2 heterocycles. The zero-order valence-corrected chi connectivity index (χ0v) is 9.18. The minimum Gasteiger partial charge on any atom is -0.286 e. The molecule has 0 aliphatic rings. The van der Waals surface area contributed by atoms with E-state index in [1.165, 1.54) is 11.3 Å². The fourth-order valence-corrected chi connectivity index (χ4v) is 1.90. The van der Waals surface area contributed by atoms with Crippen molar-refractivity contribution in [3.8, 4) is 0 Å². The average Bonchev–Trinajstić information content (AvgIpc) is 2.80. The highest BCUT2D eigenvalue weighted by atomic mass is 32.1. The van der Waals surface area contributed by atoms with Crippen LogP contribution in [0.15, 0.2) is 35.8 Å². The number of aromatic nitrogens is 1. The molecule has 6 heteroatoms. The van der Waals surface area contributed by atoms with Gasteiger partial charge in [-0.15, -0.1) is 11.3 Å². The zero-order chi connectivity index (χ0) is 12.5. The van der Waals surface area contributed by atoms with Crippen molar-refractivity contribution in [3.05, 3.63) is 52.0 Å². The van der Waals surface area contributed by atoms with Crippen LogP contribution in [-0.4, -0.2) is 10.8 Å². The van der Waals surface area contributed by atoms with E-state index < -0.39 is 11.7 Å². The van der Waals surface area contributed by atoms with Crippen LogP contribution in [0.1, 0.15) is 20.9 Å². The summed E-state index contributed by atoms with van der Waals surface area (Å²) < 4.78 is 36.8. The SMILES string of the molecule is O=C(c1ccc(C(F)(F)F)cn1)c1cccs1. The van der Waals surface area contributed by atoms with Gasteiger partial charge >= 0.3 is 6.18 Å². The molecule has 0 bridgehead atoms. The molecule has 0 saturated heterocycles. The quantitative estimate of drug-likeness (QED) is 0.772. The van der Waals surface area contributed by atoms with E-state index in [1.54, 1.807) is 17.5 Å². The van der Waals surface area contributed by atoms with Crippen molar-refractivity contribution in [2.24, 2.45) is 0 Å². The normalized spacial score (nSPS) is 11.5. The van der Waals surface area contributed by atoms with Crippen LogP contribution in [0, 0.1) is 0 Å². The van der Waals surface area contributed by atoms with Gasteiger partial charge in [-0.1, -0.05) is 6.07 Å². The van der Waals surface area contributed by atoms with Gasteiger partial charge in [0.25, 0.3) is 0 Å². The molecule has 0 radical (unpaired) electrons. The van der Waals surface area contributed by atoms with E-state index in [-0.39, 0.29) is 11.5 Å². The van der Waals surface area contributed by atoms with Crippen molar-refractivity contribution in [1.82, 2.24) is 4.98 Å². The molecular formula is C11H6F3NOS. The van der Waals surface area contributed by atoms with E-state index in [0.29, 0.717) is 11.1 Å². The number of pyridine rings is 1. The van der Waals surface area contributed by atoms with Crippen molar-refractivity contribution in [2.75, 3.05) is 0 Å². The van der Waals surface area contributed by atoms with Crippen molar-refractivity contribution < 1.29 is 18.0 Å². The maximum atomic E-state index is 12.3. The Morgan fingerprint density at radius 1 is 1.24 bits per heavy atom. The first-order chi connectivity index (χ1) is 7.98. The molecule has 0 saturated carbocycles. The van der Waals surface area contributed by atoms with Gasteiger partial charge in [0.05, 0.1) is 10.4 Å². The third-order valence-electron chi connectivity index (χ3n) is 2.07. The summed E-state index contributed by atoms with van der Waals surface area (Å²) in [6, 6.07) is 5.24. The number of hydrogen-bond acceptors (Lipinski definition) is 3. The van der Waals surface area contributed by atoms with Crippen molar-refractivity contribution >= 4 is 17.1 Å². The summed E-state index contributed by atoms with van der Waals surface area (Å²) in [6.07, 6.45) is -3.77. The second kappa shape index (κ2) is 4.29. The predicted octanol–water partition coefficient (Wildman–Crippen LogP) is 3.39. The van der Waals surface area contributed by atoms with Crippen molar-refractivity contribution in [3.63, 3.8) is 0 Å². The fourth-order valence-electron chi connectivity index (χ4n) is 1.23. The molecule has 0 spiro atoms. The molecular weight excluding hydrogens is 251 g/mol. The molecule has 0 amide bonds. The number of thiophene rings is 1. The van der Waals surface area contributed by atoms with E-state index in [4.69, 9.17) is 0 Å². The van der Waals surface area contributed by atoms with E-state index in [1.807, 2.05) is 0 Å². The summed E-state index contributed by atoms with van der Waals surface area (Å²) in [6.45, 7) is 0. The number of carbonyl (C=O) groups excluding carboxylic acids is 1. The second-order valence-electron chi connectivity index (χ2n) is 3.24. The van der Waals surface area contributed by atoms with Crippen molar-refractivity contribution in [1.29, 1.82) is 0 Å². The number of carbonyl (C=O) groups is 1. The molecule has 0 aromatic carbocycles. The lowest BCUT2D eigenvalue weighted by atomic mass is 10.2. The Labute approximate surface area is 98.7 Å². The van der Waals surface area contributed by atoms with Gasteiger partial charge in [-0.3, -0.25) is 9.78 Å². The van der Waals surface area contributed by atoms with Gasteiger partial charge in [0.2, 0.25) is 5.78 Å². The number of ketones is 1. The maximum absolute atomic E-state index is 12.3. The third kappa shape index (κ3) is 2.52. The summed E-state index contributed by atoms with van der Waals surface area (Å²) >= 11 is 1.22. The summed E-state index contributed by atoms with van der Waals surface area (Å²) in [7, 11) is 0. The van der Waals surface area contributed by atoms with Crippen LogP contribution in [0.4, 0.5) is 13.2 Å². The Balaban J connectivity index is 2.28. The summed E-state index contributed by atoms with van der Waals surface area (Å²) in [4.78, 5) is 15.7. The lowest BCUT2D eigenvalue weighted by Gasteiger charge is -2.05. The first-order valence-corrected chi connectivity index (χ1v) is 5.48. The topological polar surface area (TPSA) is 30.0 Å². The first kappa shape index (κ1) is 11.8. The molecule has 0 aliphatic heterocycles. The fraction of sp³-hybridized carbons (Fsp3) is 0.0909. The molecule has 0 N–H and O–H groups in total. The monoisotopic (exact) mass is 257 g/mol. The lowest BCUT2D eigenvalue weighted by Crippen LogP contribution is -2.08. The standard InChI is InChI=1S/C11H6F3NOS/c12-11(13,14)7-3-4-8(15-6-7)10(16)9-2-1-5-17-9/h1-6H. The Kier molecular flexibility index (Phi) is 2.97. The number of hydrogen-bond donors (Lipinski definition) is 0. The van der Waals surface area contributed by atoms with Crippen LogP contribution < -0.4 is 0 Å². The molecule has 0 aliphatic carbocycles. The molecule has 88 valence electrons. The van der Waals surface area contributed by atoms with Gasteiger partial charge in [-0.2, -0.15) is 13.2 Å². The average molecular weight is 257 g/mol. The Morgan fingerprint density at radius 3 is 2.47 bits per heavy atom. The van der Waals surface area contributed by atoms with Gasteiger partial charge in [-0.25, -0.2) is 0 Å². The van der Waals surface area contributed by atoms with Crippen LogP contribution >= 0.6 is 11.3 Å². The minimum absolute atomic E-state index is 0.0143. The highest BCUT2D eigenvalue weighted by molar-refractivity contribution is 7.12. The number of nitrogens with zero attached hydrogens (tertiary/aromatic N) is 1. The third-order valence-corrected chi connectivity index (χ3v) is 2.94. The van der Waals surface area contributed by atoms with E-state index >= 15 is 0 Å². The molecule has 0 atom stereocenters. The number of alkyl halides is 3. The second-order valence-corrected chi connectivity index (χ2v) is 4.18. The largest absolute Gasteiger partial charge is 0.417 e. The van der Waals surface area contributed by atoms with Crippen LogP contribution in [0.25, 0.3) is 0 Å². The van der Waals surface area contributed by atoms with E-state index in [9.17, 15) is 18.0 Å². The smallest absolute Gasteiger partial charge is 0.286 e. The minimum atomic E-state index is -4.43. The Morgan fingerprint density at radius 2 is 2.00 bits per heavy atom. The Hall–Kier alpha value is -1.69. The van der Waals surface area contributed by atoms with Crippen LogP contribution in [0.2, 0.25) is 0 Å². The maximum Gasteiger partial charge on any atom is 0.417 e. The molecule has 2 aromatic rings. The molecule has 17 heavy (non-hydrogen) atoms. The lowest BCUT2D eigenvalue weighted by molar-refractivity contribution is -0.137. The highest BCUT2D eigenvalue weighted by Gasteiger charge is 2.30. The molecule has 0 fully saturated rings. The van der Waals surface area contributed by atoms with Gasteiger partial charge < -0.3 is 0 Å². The number of halogens is 3. The molecule has 2 aromatic heterocycles. The summed E-state index contributed by atoms with van der Waals surface area (Å²) in [5, 5.41) is 1.72. The Bertz CT molecular complexity index is 517. The van der Waals surface area contributed by atoms with Crippen LogP contribution in [-0.2, 0) is 6.18 Å². The van der Waals surface area contributed by atoms with Gasteiger partial charge in [0, 0.05) is 6.20 Å². The van der Waals surface area contributed by atoms with Gasteiger partial charge in [0.1, 0.15) is 5.69 Å². The number of rotatable bonds is 2. The zero-order valence-electron chi connectivity index (χ0n) is 8.36. The van der Waals surface area contributed by atoms with E-state index in [0.717, 1.165) is 12.1 Å².